The highest BCUT2D eigenvalue weighted by Crippen LogP contribution is 2.28. The lowest BCUT2D eigenvalue weighted by Crippen LogP contribution is -2.19. The summed E-state index contributed by atoms with van der Waals surface area (Å²) >= 11 is 4.61. The number of benzene rings is 2. The van der Waals surface area contributed by atoms with Crippen molar-refractivity contribution in [1.29, 1.82) is 0 Å². The summed E-state index contributed by atoms with van der Waals surface area (Å²) in [6, 6.07) is 13.6. The summed E-state index contributed by atoms with van der Waals surface area (Å²) in [5, 5.41) is 3.21. The number of hydrogen-bond donors (Lipinski definition) is 1. The van der Waals surface area contributed by atoms with Crippen molar-refractivity contribution in [3.8, 4) is 0 Å². The highest BCUT2D eigenvalue weighted by atomic mass is 79.9. The molecule has 2 aromatic rings. The standard InChI is InChI=1S/C16H10BrFN2OS/c17-11-4-2-6-13(9-11)19-16-20-15(21)14(22-16)8-10-3-1-5-12(18)7-10/h1-9H,(H,19,20,21)/b14-8+. The number of nitrogens with one attached hydrogen (secondary N) is 1. The summed E-state index contributed by atoms with van der Waals surface area (Å²) in [5.41, 5.74) is 1.38. The van der Waals surface area contributed by atoms with Gasteiger partial charge in [-0.25, -0.2) is 9.38 Å². The average Bonchev–Trinajstić information content (AvgIpc) is 2.79. The second kappa shape index (κ2) is 6.46. The van der Waals surface area contributed by atoms with E-state index in [1.165, 1.54) is 23.9 Å². The molecular formula is C16H10BrFN2OS. The minimum absolute atomic E-state index is 0.233. The molecule has 0 radical (unpaired) electrons. The fourth-order valence-corrected chi connectivity index (χ4v) is 3.12. The molecule has 1 heterocycles. The Labute approximate surface area is 139 Å². The van der Waals surface area contributed by atoms with Crippen molar-refractivity contribution in [3.05, 3.63) is 69.3 Å². The molecule has 1 aliphatic rings. The molecule has 1 saturated heterocycles. The third-order valence-electron chi connectivity index (χ3n) is 2.84. The topological polar surface area (TPSA) is 41.5 Å². The number of carbonyl (C=O) groups is 1. The van der Waals surface area contributed by atoms with Gasteiger partial charge >= 0.3 is 0 Å². The first-order chi connectivity index (χ1) is 10.6. The highest BCUT2D eigenvalue weighted by molar-refractivity contribution is 9.10. The van der Waals surface area contributed by atoms with E-state index < -0.39 is 0 Å². The van der Waals surface area contributed by atoms with Crippen molar-refractivity contribution in [2.75, 3.05) is 0 Å². The van der Waals surface area contributed by atoms with Crippen molar-refractivity contribution < 1.29 is 9.18 Å². The number of thioether (sulfide) groups is 1. The molecular weight excluding hydrogens is 367 g/mol. The molecule has 0 saturated carbocycles. The van der Waals surface area contributed by atoms with Crippen molar-refractivity contribution in [2.45, 2.75) is 0 Å². The van der Waals surface area contributed by atoms with E-state index in [0.717, 1.165) is 10.2 Å². The Kier molecular flexibility index (Phi) is 4.40. The van der Waals surface area contributed by atoms with Crippen LogP contribution in [0.2, 0.25) is 0 Å². The smallest absolute Gasteiger partial charge is 0.264 e. The third-order valence-corrected chi connectivity index (χ3v) is 4.24. The van der Waals surface area contributed by atoms with Gasteiger partial charge in [-0.3, -0.25) is 4.79 Å². The van der Waals surface area contributed by atoms with Crippen molar-refractivity contribution in [2.24, 2.45) is 4.99 Å². The van der Waals surface area contributed by atoms with Gasteiger partial charge in [0, 0.05) is 4.47 Å². The van der Waals surface area contributed by atoms with Crippen LogP contribution in [0.4, 0.5) is 10.1 Å². The lowest BCUT2D eigenvalue weighted by Gasteiger charge is -1.96. The molecule has 1 aliphatic heterocycles. The van der Waals surface area contributed by atoms with Crippen molar-refractivity contribution in [1.82, 2.24) is 5.32 Å². The van der Waals surface area contributed by atoms with E-state index in [1.54, 1.807) is 18.2 Å². The molecule has 0 atom stereocenters. The maximum absolute atomic E-state index is 13.2. The van der Waals surface area contributed by atoms with Gasteiger partial charge in [0.15, 0.2) is 5.17 Å². The van der Waals surface area contributed by atoms with Crippen molar-refractivity contribution in [3.63, 3.8) is 0 Å². The fraction of sp³-hybridized carbons (Fsp3) is 0. The molecule has 22 heavy (non-hydrogen) atoms. The lowest BCUT2D eigenvalue weighted by atomic mass is 10.2. The quantitative estimate of drug-likeness (QED) is 0.785. The van der Waals surface area contributed by atoms with E-state index >= 15 is 0 Å². The molecule has 1 fully saturated rings. The molecule has 0 aliphatic carbocycles. The van der Waals surface area contributed by atoms with Crippen LogP contribution in [0.3, 0.4) is 0 Å². The third kappa shape index (κ3) is 3.64. The number of nitrogens with zero attached hydrogens (tertiary/aromatic N) is 1. The first-order valence-corrected chi connectivity index (χ1v) is 8.02. The Balaban J connectivity index is 1.84. The van der Waals surface area contributed by atoms with Crippen LogP contribution in [0.25, 0.3) is 6.08 Å². The fourth-order valence-electron chi connectivity index (χ4n) is 1.89. The molecule has 1 N–H and O–H groups in total. The number of amidine groups is 1. The average molecular weight is 377 g/mol. The normalized spacial score (nSPS) is 18.0. The summed E-state index contributed by atoms with van der Waals surface area (Å²) in [6.07, 6.45) is 1.65. The Bertz CT molecular complexity index is 804. The maximum atomic E-state index is 13.2. The predicted molar refractivity (Wildman–Crippen MR) is 91.3 cm³/mol. The molecule has 0 aromatic heterocycles. The van der Waals surface area contributed by atoms with E-state index in [-0.39, 0.29) is 11.7 Å². The Morgan fingerprint density at radius 1 is 1.18 bits per heavy atom. The van der Waals surface area contributed by atoms with Crippen LogP contribution in [-0.2, 0) is 4.79 Å². The molecule has 6 heteroatoms. The van der Waals surface area contributed by atoms with Crippen LogP contribution in [0.15, 0.2) is 62.9 Å². The summed E-state index contributed by atoms with van der Waals surface area (Å²) in [6.45, 7) is 0. The van der Waals surface area contributed by atoms with Crippen LogP contribution in [-0.4, -0.2) is 11.1 Å². The van der Waals surface area contributed by atoms with E-state index in [4.69, 9.17) is 0 Å². The monoisotopic (exact) mass is 376 g/mol. The number of rotatable bonds is 2. The maximum Gasteiger partial charge on any atom is 0.264 e. The molecule has 2 aromatic carbocycles. The van der Waals surface area contributed by atoms with Gasteiger partial charge in [0.25, 0.3) is 5.91 Å². The molecule has 1 amide bonds. The van der Waals surface area contributed by atoms with Gasteiger partial charge in [0.2, 0.25) is 0 Å². The second-order valence-corrected chi connectivity index (χ2v) is 6.46. The van der Waals surface area contributed by atoms with Gasteiger partial charge in [-0.05, 0) is 53.7 Å². The van der Waals surface area contributed by atoms with E-state index in [0.29, 0.717) is 15.6 Å². The van der Waals surface area contributed by atoms with Gasteiger partial charge in [0.05, 0.1) is 10.6 Å². The number of amides is 1. The zero-order chi connectivity index (χ0) is 15.5. The molecule has 0 unspecified atom stereocenters. The van der Waals surface area contributed by atoms with Gasteiger partial charge < -0.3 is 5.32 Å². The summed E-state index contributed by atoms with van der Waals surface area (Å²) in [5.74, 6) is -0.566. The van der Waals surface area contributed by atoms with Crippen LogP contribution < -0.4 is 5.32 Å². The molecule has 110 valence electrons. The van der Waals surface area contributed by atoms with Crippen molar-refractivity contribution >= 4 is 50.5 Å². The Hall–Kier alpha value is -1.92. The highest BCUT2D eigenvalue weighted by Gasteiger charge is 2.23. The second-order valence-electron chi connectivity index (χ2n) is 4.52. The molecule has 3 nitrogen and oxygen atoms in total. The molecule has 3 rings (SSSR count). The van der Waals surface area contributed by atoms with Gasteiger partial charge in [0.1, 0.15) is 5.82 Å². The van der Waals surface area contributed by atoms with E-state index in [2.05, 4.69) is 26.2 Å². The van der Waals surface area contributed by atoms with Gasteiger partial charge in [-0.2, -0.15) is 0 Å². The SMILES string of the molecule is O=C1NC(=Nc2cccc(Br)c2)S/C1=C/c1cccc(F)c1. The van der Waals surface area contributed by atoms with Gasteiger partial charge in [-0.1, -0.05) is 34.1 Å². The molecule has 0 spiro atoms. The first-order valence-electron chi connectivity index (χ1n) is 6.41. The Morgan fingerprint density at radius 3 is 2.77 bits per heavy atom. The Morgan fingerprint density at radius 2 is 2.00 bits per heavy atom. The molecule has 0 bridgehead atoms. The summed E-state index contributed by atoms with van der Waals surface area (Å²) < 4.78 is 14.1. The van der Waals surface area contributed by atoms with Crippen LogP contribution in [0, 0.1) is 5.82 Å². The predicted octanol–water partition coefficient (Wildman–Crippen LogP) is 4.48. The number of halogens is 2. The number of aliphatic imine (C=N–C) groups is 1. The van der Waals surface area contributed by atoms with E-state index in [1.807, 2.05) is 24.3 Å². The van der Waals surface area contributed by atoms with Gasteiger partial charge in [-0.15, -0.1) is 0 Å². The lowest BCUT2D eigenvalue weighted by molar-refractivity contribution is -0.115. The summed E-state index contributed by atoms with van der Waals surface area (Å²) in [4.78, 5) is 16.8. The first kappa shape index (κ1) is 15.0. The summed E-state index contributed by atoms with van der Waals surface area (Å²) in [7, 11) is 0. The van der Waals surface area contributed by atoms with Crippen LogP contribution in [0.5, 0.6) is 0 Å². The number of hydrogen-bond acceptors (Lipinski definition) is 3. The zero-order valence-electron chi connectivity index (χ0n) is 11.2. The van der Waals surface area contributed by atoms with Crippen LogP contribution in [0.1, 0.15) is 5.56 Å². The number of carbonyl (C=O) groups excluding carboxylic acids is 1. The minimum Gasteiger partial charge on any atom is -0.300 e. The van der Waals surface area contributed by atoms with E-state index in [9.17, 15) is 9.18 Å². The zero-order valence-corrected chi connectivity index (χ0v) is 13.6. The minimum atomic E-state index is -0.333. The largest absolute Gasteiger partial charge is 0.300 e. The van der Waals surface area contributed by atoms with Crippen LogP contribution >= 0.6 is 27.7 Å².